The molecule has 3 amide bonds. The number of amides is 3. The van der Waals surface area contributed by atoms with Crippen molar-refractivity contribution in [1.29, 1.82) is 0 Å². The molecule has 0 spiro atoms. The first kappa shape index (κ1) is 25.2. The number of aryl methyl sites for hydroxylation is 3. The van der Waals surface area contributed by atoms with Gasteiger partial charge in [-0.3, -0.25) is 0 Å². The average Bonchev–Trinajstić information content (AvgIpc) is 3.30. The van der Waals surface area contributed by atoms with Crippen LogP contribution in [0.4, 0.5) is 21.0 Å². The molecule has 36 heavy (non-hydrogen) atoms. The van der Waals surface area contributed by atoms with Gasteiger partial charge in [0, 0.05) is 0 Å². The first-order valence-corrected chi connectivity index (χ1v) is 13.2. The SMILES string of the molecule is Cc1cccc(CC(=O)Nc2ccc(CCCCc3nnc(NC(=O)Nc4ccncc4)[se]3)nn2)c1. The Hall–Kier alpha value is -3.95. The molecule has 0 bridgehead atoms. The van der Waals surface area contributed by atoms with Crippen LogP contribution < -0.4 is 16.0 Å². The second-order valence-corrected chi connectivity index (χ2v) is 10.4. The van der Waals surface area contributed by atoms with E-state index in [2.05, 4.69) is 41.3 Å². The summed E-state index contributed by atoms with van der Waals surface area (Å²) in [6, 6.07) is 14.6. The maximum Gasteiger partial charge on any atom is -0.0556 e. The van der Waals surface area contributed by atoms with E-state index in [1.165, 1.54) is 0 Å². The fraction of sp³-hybridized carbons (Fsp3) is 0.240. The fourth-order valence-electron chi connectivity index (χ4n) is 3.44. The minimum atomic E-state index is -0.341. The van der Waals surface area contributed by atoms with Gasteiger partial charge in [0.15, 0.2) is 0 Å². The van der Waals surface area contributed by atoms with Crippen LogP contribution in [0.25, 0.3) is 0 Å². The van der Waals surface area contributed by atoms with Gasteiger partial charge in [-0.05, 0) is 12.5 Å². The van der Waals surface area contributed by atoms with Crippen LogP contribution in [0.5, 0.6) is 0 Å². The number of carbonyl (C=O) groups excluding carboxylic acids is 2. The van der Waals surface area contributed by atoms with E-state index in [1.807, 2.05) is 37.3 Å². The van der Waals surface area contributed by atoms with E-state index in [0.29, 0.717) is 22.6 Å². The molecule has 1 aromatic carbocycles. The van der Waals surface area contributed by atoms with Gasteiger partial charge < -0.3 is 0 Å². The van der Waals surface area contributed by atoms with Crippen LogP contribution in [0, 0.1) is 6.92 Å². The summed E-state index contributed by atoms with van der Waals surface area (Å²) in [6.07, 6.45) is 6.98. The Kier molecular flexibility index (Phi) is 8.85. The molecule has 0 radical (unpaired) electrons. The first-order valence-electron chi connectivity index (χ1n) is 11.5. The summed E-state index contributed by atoms with van der Waals surface area (Å²) in [7, 11) is 0. The van der Waals surface area contributed by atoms with Crippen LogP contribution in [-0.2, 0) is 24.1 Å². The number of aromatic nitrogens is 5. The molecule has 4 aromatic rings. The number of nitrogens with one attached hydrogen (secondary N) is 3. The van der Waals surface area contributed by atoms with Crippen LogP contribution in [0.2, 0.25) is 0 Å². The maximum absolute atomic E-state index is 12.3. The molecule has 0 aliphatic rings. The van der Waals surface area contributed by atoms with Crippen LogP contribution in [-0.4, -0.2) is 51.8 Å². The molecule has 0 saturated heterocycles. The van der Waals surface area contributed by atoms with Crippen molar-refractivity contribution >= 4 is 42.6 Å². The van der Waals surface area contributed by atoms with Gasteiger partial charge in [0.25, 0.3) is 0 Å². The molecule has 3 aromatic heterocycles. The number of pyridine rings is 1. The Morgan fingerprint density at radius 2 is 1.69 bits per heavy atom. The molecule has 10 nitrogen and oxygen atoms in total. The first-order chi connectivity index (χ1) is 17.5. The van der Waals surface area contributed by atoms with Gasteiger partial charge >= 0.3 is 173 Å². The number of anilines is 3. The molecule has 184 valence electrons. The minimum Gasteiger partial charge on any atom is -0.0556 e. The third-order valence-corrected chi connectivity index (χ3v) is 7.02. The topological polar surface area (TPSA) is 135 Å². The molecule has 3 N–H and O–H groups in total. The van der Waals surface area contributed by atoms with Crippen molar-refractivity contribution < 1.29 is 9.59 Å². The van der Waals surface area contributed by atoms with E-state index < -0.39 is 0 Å². The Bertz CT molecular complexity index is 1290. The Balaban J connectivity index is 1.15. The van der Waals surface area contributed by atoms with E-state index in [-0.39, 0.29) is 26.4 Å². The van der Waals surface area contributed by atoms with Crippen molar-refractivity contribution in [3.63, 3.8) is 0 Å². The second-order valence-electron chi connectivity index (χ2n) is 8.15. The average molecular weight is 549 g/mol. The summed E-state index contributed by atoms with van der Waals surface area (Å²) in [5, 5.41) is 24.9. The monoisotopic (exact) mass is 550 g/mol. The fourth-order valence-corrected chi connectivity index (χ4v) is 5.07. The quantitative estimate of drug-likeness (QED) is 0.204. The number of carbonyl (C=O) groups is 2. The standard InChI is InChI=1S/C25H26N8O2Se/c1-17-5-4-6-18(15-17)16-22(34)28-21-10-9-20(30-31-21)7-2-3-8-23-32-33-25(36-23)29-24(35)27-19-11-13-26-14-12-19/h4-6,9-15H,2-3,7-8,16H2,1H3,(H,28,31,34)(H2,26,27,29,33,35). The van der Waals surface area contributed by atoms with Crippen molar-refractivity contribution in [2.45, 2.75) is 39.0 Å². The summed E-state index contributed by atoms with van der Waals surface area (Å²) >= 11 is -0.0896. The van der Waals surface area contributed by atoms with E-state index in [1.54, 1.807) is 30.6 Å². The van der Waals surface area contributed by atoms with Crippen LogP contribution in [0.3, 0.4) is 0 Å². The zero-order chi connectivity index (χ0) is 25.2. The Morgan fingerprint density at radius 1 is 0.861 bits per heavy atom. The van der Waals surface area contributed by atoms with Crippen LogP contribution in [0.1, 0.15) is 34.2 Å². The molecule has 0 aliphatic carbocycles. The van der Waals surface area contributed by atoms with Gasteiger partial charge in [-0.1, -0.05) is 29.8 Å². The Morgan fingerprint density at radius 3 is 2.47 bits per heavy atom. The van der Waals surface area contributed by atoms with Crippen molar-refractivity contribution in [1.82, 2.24) is 25.4 Å². The van der Waals surface area contributed by atoms with Crippen molar-refractivity contribution in [3.8, 4) is 0 Å². The molecule has 0 fully saturated rings. The molecular weight excluding hydrogens is 523 g/mol. The molecule has 0 saturated carbocycles. The number of unbranched alkanes of at least 4 members (excludes halogenated alkanes) is 1. The summed E-state index contributed by atoms with van der Waals surface area (Å²) in [4.78, 5) is 28.2. The number of hydrogen-bond acceptors (Lipinski definition) is 7. The number of hydrogen-bond donors (Lipinski definition) is 3. The minimum absolute atomic E-state index is 0.0896. The zero-order valence-electron chi connectivity index (χ0n) is 19.8. The van der Waals surface area contributed by atoms with E-state index in [0.717, 1.165) is 47.1 Å². The van der Waals surface area contributed by atoms with Crippen molar-refractivity contribution in [2.24, 2.45) is 0 Å². The smallest absolute Gasteiger partial charge is 0.0556 e. The summed E-state index contributed by atoms with van der Waals surface area (Å²) in [6.45, 7) is 2.00. The number of rotatable bonds is 10. The third-order valence-electron chi connectivity index (χ3n) is 5.13. The normalized spacial score (nSPS) is 10.6. The summed E-state index contributed by atoms with van der Waals surface area (Å²) < 4.78 is 1.59. The van der Waals surface area contributed by atoms with Gasteiger partial charge in [0.1, 0.15) is 0 Å². The van der Waals surface area contributed by atoms with Crippen molar-refractivity contribution in [3.05, 3.63) is 82.3 Å². The molecule has 0 unspecified atom stereocenters. The van der Waals surface area contributed by atoms with Gasteiger partial charge in [-0.15, -0.1) is 0 Å². The molecule has 0 aliphatic heterocycles. The Labute approximate surface area is 214 Å². The van der Waals surface area contributed by atoms with E-state index in [9.17, 15) is 9.59 Å². The molecule has 4 rings (SSSR count). The van der Waals surface area contributed by atoms with Crippen LogP contribution in [0.15, 0.2) is 60.9 Å². The van der Waals surface area contributed by atoms with Gasteiger partial charge in [0.2, 0.25) is 0 Å². The predicted octanol–water partition coefficient (Wildman–Crippen LogP) is 3.42. The molecule has 0 atom stereocenters. The molecular formula is C25H26N8O2Se. The second kappa shape index (κ2) is 12.7. The van der Waals surface area contributed by atoms with E-state index in [4.69, 9.17) is 0 Å². The number of urea groups is 1. The molecule has 11 heteroatoms. The zero-order valence-corrected chi connectivity index (χ0v) is 21.5. The summed E-state index contributed by atoms with van der Waals surface area (Å²) in [5.41, 5.74) is 3.62. The maximum atomic E-state index is 12.3. The van der Waals surface area contributed by atoms with E-state index >= 15 is 0 Å². The van der Waals surface area contributed by atoms with Crippen LogP contribution >= 0.6 is 0 Å². The number of benzene rings is 1. The summed E-state index contributed by atoms with van der Waals surface area (Å²) in [5.74, 6) is 0.331. The largest absolute Gasteiger partial charge is 0.0556 e. The number of nitrogens with zero attached hydrogens (tertiary/aromatic N) is 5. The van der Waals surface area contributed by atoms with Gasteiger partial charge in [0.05, 0.1) is 0 Å². The predicted molar refractivity (Wildman–Crippen MR) is 138 cm³/mol. The van der Waals surface area contributed by atoms with Gasteiger partial charge in [-0.25, -0.2) is 0 Å². The third kappa shape index (κ3) is 8.07. The van der Waals surface area contributed by atoms with Gasteiger partial charge in [-0.2, -0.15) is 0 Å². The molecule has 3 heterocycles. The van der Waals surface area contributed by atoms with Crippen molar-refractivity contribution in [2.75, 3.05) is 16.0 Å².